The number of esters is 2. The molecule has 0 heterocycles. The molecule has 1 atom stereocenters. The monoisotopic (exact) mass is 716 g/mol. The van der Waals surface area contributed by atoms with Crippen LogP contribution in [0.25, 0.3) is 0 Å². The Balaban J connectivity index is 0.00000675. The molecule has 238 valence electrons. The van der Waals surface area contributed by atoms with Crippen LogP contribution in [0, 0.1) is 0 Å². The van der Waals surface area contributed by atoms with Gasteiger partial charge in [0.25, 0.3) is 5.91 Å². The normalized spacial score (nSPS) is 11.5. The second-order valence-corrected chi connectivity index (χ2v) is 11.6. The molecule has 3 rings (SSSR count). The SMILES string of the molecule is CC(=O)Oc1ccc(C(=O)Oc2ccc(OCCCCCCCCNC(=O)C(Cc3ccccc3)[N+](C)(C)C)cc2)cc1.[I-]. The predicted molar refractivity (Wildman–Crippen MR) is 167 cm³/mol. The Labute approximate surface area is 278 Å². The summed E-state index contributed by atoms with van der Waals surface area (Å²) in [6.45, 7) is 2.65. The summed E-state index contributed by atoms with van der Waals surface area (Å²) in [5.74, 6) is 0.710. The van der Waals surface area contributed by atoms with Crippen LogP contribution in [0.2, 0.25) is 0 Å². The number of rotatable bonds is 17. The Bertz CT molecular complexity index is 1290. The average molecular weight is 717 g/mol. The van der Waals surface area contributed by atoms with E-state index in [-0.39, 0.29) is 35.9 Å². The molecule has 0 aliphatic rings. The van der Waals surface area contributed by atoms with Crippen LogP contribution in [0.4, 0.5) is 0 Å². The lowest BCUT2D eigenvalue weighted by atomic mass is 10.0. The first-order valence-electron chi connectivity index (χ1n) is 15.0. The van der Waals surface area contributed by atoms with E-state index in [4.69, 9.17) is 14.2 Å². The fourth-order valence-electron chi connectivity index (χ4n) is 4.60. The van der Waals surface area contributed by atoms with E-state index in [9.17, 15) is 14.4 Å². The molecule has 0 saturated heterocycles. The standard InChI is InChI=1S/C35H44N2O6.HI/c1-27(38)42-31-18-16-29(17-19-31)35(40)43-32-22-20-30(21-23-32)41-25-13-8-6-5-7-12-24-36-34(39)33(37(2,3)4)26-28-14-10-9-11-15-28;/h9-11,14-23,33H,5-8,12-13,24-26H2,1-4H3;1H. The number of nitrogens with zero attached hydrogens (tertiary/aromatic N) is 1. The number of quaternary nitrogens is 1. The van der Waals surface area contributed by atoms with Gasteiger partial charge < -0.3 is 48.0 Å². The van der Waals surface area contributed by atoms with Gasteiger partial charge >= 0.3 is 11.9 Å². The second-order valence-electron chi connectivity index (χ2n) is 11.6. The van der Waals surface area contributed by atoms with E-state index in [1.54, 1.807) is 48.5 Å². The largest absolute Gasteiger partial charge is 1.00 e. The van der Waals surface area contributed by atoms with Crippen LogP contribution in [-0.4, -0.2) is 62.7 Å². The van der Waals surface area contributed by atoms with E-state index in [0.717, 1.165) is 50.7 Å². The molecule has 0 saturated carbocycles. The molecule has 3 aromatic carbocycles. The third-order valence-electron chi connectivity index (χ3n) is 7.03. The van der Waals surface area contributed by atoms with E-state index in [1.165, 1.54) is 12.5 Å². The van der Waals surface area contributed by atoms with Crippen molar-refractivity contribution in [3.8, 4) is 17.2 Å². The van der Waals surface area contributed by atoms with Crippen LogP contribution in [0.5, 0.6) is 17.2 Å². The maximum absolute atomic E-state index is 12.9. The number of amides is 1. The van der Waals surface area contributed by atoms with Crippen molar-refractivity contribution in [2.24, 2.45) is 0 Å². The molecule has 3 aromatic rings. The highest BCUT2D eigenvalue weighted by Crippen LogP contribution is 2.20. The summed E-state index contributed by atoms with van der Waals surface area (Å²) in [7, 11) is 6.21. The number of hydrogen-bond donors (Lipinski definition) is 1. The van der Waals surface area contributed by atoms with Crippen molar-refractivity contribution < 1.29 is 57.1 Å². The van der Waals surface area contributed by atoms with Gasteiger partial charge in [0.05, 0.1) is 33.3 Å². The van der Waals surface area contributed by atoms with Crippen molar-refractivity contribution in [1.82, 2.24) is 5.32 Å². The fourth-order valence-corrected chi connectivity index (χ4v) is 4.60. The molecule has 44 heavy (non-hydrogen) atoms. The van der Waals surface area contributed by atoms with Crippen LogP contribution < -0.4 is 43.5 Å². The lowest BCUT2D eigenvalue weighted by Gasteiger charge is -2.33. The van der Waals surface area contributed by atoms with Crippen LogP contribution in [0.3, 0.4) is 0 Å². The Hall–Kier alpha value is -3.44. The van der Waals surface area contributed by atoms with Crippen LogP contribution in [0.1, 0.15) is 61.4 Å². The molecule has 9 heteroatoms. The minimum Gasteiger partial charge on any atom is -1.00 e. The maximum Gasteiger partial charge on any atom is 0.343 e. The minimum absolute atomic E-state index is 0. The van der Waals surface area contributed by atoms with Crippen molar-refractivity contribution in [2.75, 3.05) is 34.3 Å². The highest BCUT2D eigenvalue weighted by molar-refractivity contribution is 5.91. The summed E-state index contributed by atoms with van der Waals surface area (Å²) in [5.41, 5.74) is 1.54. The molecule has 1 amide bonds. The van der Waals surface area contributed by atoms with Gasteiger partial charge in [-0.3, -0.25) is 9.59 Å². The summed E-state index contributed by atoms with van der Waals surface area (Å²) in [5, 5.41) is 3.15. The number of carbonyl (C=O) groups is 3. The third kappa shape index (κ3) is 13.5. The van der Waals surface area contributed by atoms with Gasteiger partial charge in [0.2, 0.25) is 0 Å². The molecule has 0 fully saturated rings. The van der Waals surface area contributed by atoms with Gasteiger partial charge in [0.1, 0.15) is 17.2 Å². The third-order valence-corrected chi connectivity index (χ3v) is 7.03. The van der Waals surface area contributed by atoms with Gasteiger partial charge in [0, 0.05) is 19.9 Å². The van der Waals surface area contributed by atoms with Crippen LogP contribution >= 0.6 is 0 Å². The zero-order valence-corrected chi connectivity index (χ0v) is 28.4. The summed E-state index contributed by atoms with van der Waals surface area (Å²) >= 11 is 0. The lowest BCUT2D eigenvalue weighted by Crippen LogP contribution is -3.00. The van der Waals surface area contributed by atoms with Crippen LogP contribution in [0.15, 0.2) is 78.9 Å². The van der Waals surface area contributed by atoms with Crippen LogP contribution in [-0.2, 0) is 16.0 Å². The zero-order chi connectivity index (χ0) is 31.1. The first-order chi connectivity index (χ1) is 20.6. The Morgan fingerprint density at radius 2 is 1.25 bits per heavy atom. The summed E-state index contributed by atoms with van der Waals surface area (Å²) < 4.78 is 16.8. The molecule has 0 spiro atoms. The van der Waals surface area contributed by atoms with Gasteiger partial charge in [0.15, 0.2) is 6.04 Å². The first kappa shape index (κ1) is 36.8. The molecular weight excluding hydrogens is 671 g/mol. The molecule has 8 nitrogen and oxygen atoms in total. The zero-order valence-electron chi connectivity index (χ0n) is 26.2. The quantitative estimate of drug-likeness (QED) is 0.0761. The number of benzene rings is 3. The number of ether oxygens (including phenoxy) is 3. The molecule has 0 bridgehead atoms. The van der Waals surface area contributed by atoms with Gasteiger partial charge in [-0.2, -0.15) is 0 Å². The number of nitrogens with one attached hydrogen (secondary N) is 1. The molecule has 1 N–H and O–H groups in total. The Kier molecular flexibility index (Phi) is 15.9. The van der Waals surface area contributed by atoms with Crippen molar-refractivity contribution in [3.05, 3.63) is 90.0 Å². The number of hydrogen-bond acceptors (Lipinski definition) is 6. The van der Waals surface area contributed by atoms with Gasteiger partial charge in [-0.15, -0.1) is 0 Å². The van der Waals surface area contributed by atoms with Crippen molar-refractivity contribution >= 4 is 17.8 Å². The Morgan fingerprint density at radius 3 is 1.86 bits per heavy atom. The van der Waals surface area contributed by atoms with E-state index in [0.29, 0.717) is 34.7 Å². The molecule has 1 unspecified atom stereocenters. The fraction of sp³-hybridized carbons (Fsp3) is 0.400. The lowest BCUT2D eigenvalue weighted by molar-refractivity contribution is -0.886. The maximum atomic E-state index is 12.9. The topological polar surface area (TPSA) is 90.9 Å². The number of likely N-dealkylation sites (N-methyl/N-ethyl adjacent to an activating group) is 1. The number of halogens is 1. The van der Waals surface area contributed by atoms with Crippen molar-refractivity contribution in [2.45, 2.75) is 57.9 Å². The first-order valence-corrected chi connectivity index (χ1v) is 15.0. The van der Waals surface area contributed by atoms with Gasteiger partial charge in [-0.25, -0.2) is 4.79 Å². The van der Waals surface area contributed by atoms with E-state index < -0.39 is 11.9 Å². The molecule has 0 aromatic heterocycles. The second kappa shape index (κ2) is 19.1. The summed E-state index contributed by atoms with van der Waals surface area (Å²) in [4.78, 5) is 36.3. The minimum atomic E-state index is -0.498. The smallest absolute Gasteiger partial charge is 0.343 e. The number of unbranched alkanes of at least 4 members (excludes halogenated alkanes) is 5. The van der Waals surface area contributed by atoms with E-state index in [2.05, 4.69) is 38.6 Å². The summed E-state index contributed by atoms with van der Waals surface area (Å²) in [6, 6.07) is 23.2. The van der Waals surface area contributed by atoms with Gasteiger partial charge in [-0.1, -0.05) is 56.0 Å². The molecule has 0 radical (unpaired) electrons. The van der Waals surface area contributed by atoms with Gasteiger partial charge in [-0.05, 0) is 66.9 Å². The van der Waals surface area contributed by atoms with Crippen molar-refractivity contribution in [1.29, 1.82) is 0 Å². The van der Waals surface area contributed by atoms with E-state index in [1.807, 2.05) is 18.2 Å². The highest BCUT2D eigenvalue weighted by Gasteiger charge is 2.31. The predicted octanol–water partition coefficient (Wildman–Crippen LogP) is 2.99. The number of carbonyl (C=O) groups excluding carboxylic acids is 3. The summed E-state index contributed by atoms with van der Waals surface area (Å²) in [6.07, 6.45) is 7.10. The molecule has 0 aliphatic carbocycles. The van der Waals surface area contributed by atoms with E-state index >= 15 is 0 Å². The average Bonchev–Trinajstić information content (AvgIpc) is 2.97. The molecule has 0 aliphatic heterocycles. The Morgan fingerprint density at radius 1 is 0.705 bits per heavy atom. The van der Waals surface area contributed by atoms with Crippen molar-refractivity contribution in [3.63, 3.8) is 0 Å². The molecular formula is C35H45IN2O6. The highest BCUT2D eigenvalue weighted by atomic mass is 127.